The molecule has 1 heterocycles. The average molecular weight is 240 g/mol. The second kappa shape index (κ2) is 4.54. The van der Waals surface area contributed by atoms with E-state index in [1.807, 2.05) is 49.4 Å². The lowest BCUT2D eigenvalue weighted by Crippen LogP contribution is -2.16. The Kier molecular flexibility index (Phi) is 2.88. The smallest absolute Gasteiger partial charge is 0.171 e. The van der Waals surface area contributed by atoms with Crippen LogP contribution in [0.25, 0.3) is 5.57 Å². The third-order valence-corrected chi connectivity index (χ3v) is 3.77. The molecule has 1 fully saturated rings. The highest BCUT2D eigenvalue weighted by atomic mass is 16.5. The zero-order chi connectivity index (χ0) is 12.5. The first-order chi connectivity index (χ1) is 8.83. The van der Waals surface area contributed by atoms with Gasteiger partial charge in [0.25, 0.3) is 0 Å². The summed E-state index contributed by atoms with van der Waals surface area (Å²) in [7, 11) is 0. The molecule has 1 aliphatic heterocycles. The summed E-state index contributed by atoms with van der Waals surface area (Å²) in [6.45, 7) is 3.24. The zero-order valence-corrected chi connectivity index (χ0v) is 10.4. The van der Waals surface area contributed by atoms with Gasteiger partial charge in [-0.15, -0.1) is 0 Å². The summed E-state index contributed by atoms with van der Waals surface area (Å²) in [5, 5.41) is 0. The Hall–Kier alpha value is -1.67. The number of carbonyl (C=O) groups excluding carboxylic acids is 1. The predicted molar refractivity (Wildman–Crippen MR) is 71.0 cm³/mol. The summed E-state index contributed by atoms with van der Waals surface area (Å²) in [4.78, 5) is 12.5. The number of hydrogen-bond acceptors (Lipinski definition) is 2. The summed E-state index contributed by atoms with van der Waals surface area (Å²) in [5.74, 6) is 0.481. The van der Waals surface area contributed by atoms with E-state index >= 15 is 0 Å². The minimum atomic E-state index is -0.0253. The molecular formula is C16H16O2. The zero-order valence-electron chi connectivity index (χ0n) is 10.4. The van der Waals surface area contributed by atoms with Crippen molar-refractivity contribution in [1.29, 1.82) is 0 Å². The van der Waals surface area contributed by atoms with E-state index in [2.05, 4.69) is 0 Å². The third-order valence-electron chi connectivity index (χ3n) is 3.77. The van der Waals surface area contributed by atoms with Gasteiger partial charge in [0.2, 0.25) is 0 Å². The van der Waals surface area contributed by atoms with Gasteiger partial charge in [0, 0.05) is 17.4 Å². The molecule has 2 atom stereocenters. The van der Waals surface area contributed by atoms with Crippen molar-refractivity contribution in [2.75, 3.05) is 13.2 Å². The number of allylic oxidation sites excluding steroid dienone is 3. The molecule has 1 aliphatic carbocycles. The number of ether oxygens (including phenoxy) is 1. The Morgan fingerprint density at radius 2 is 2.06 bits per heavy atom. The van der Waals surface area contributed by atoms with Crippen LogP contribution in [0.3, 0.4) is 0 Å². The van der Waals surface area contributed by atoms with Crippen LogP contribution in [0.5, 0.6) is 0 Å². The van der Waals surface area contributed by atoms with Gasteiger partial charge in [-0.05, 0) is 18.1 Å². The van der Waals surface area contributed by atoms with Crippen molar-refractivity contribution in [2.24, 2.45) is 11.8 Å². The van der Waals surface area contributed by atoms with Crippen molar-refractivity contribution in [3.63, 3.8) is 0 Å². The standard InChI is InChI=1S/C16H16O2/c1-2-6-12-13-9-18-10-14(13)15(16(12)17)11-7-4-3-5-8-11/h2-8,12-13H,9-10H2,1H3/b6-2+. The Bertz CT molecular complexity index is 525. The fourth-order valence-corrected chi connectivity index (χ4v) is 2.95. The molecule has 2 heteroatoms. The van der Waals surface area contributed by atoms with Gasteiger partial charge in [0.1, 0.15) is 0 Å². The van der Waals surface area contributed by atoms with Crippen LogP contribution in [0.2, 0.25) is 0 Å². The Morgan fingerprint density at radius 1 is 1.28 bits per heavy atom. The molecule has 0 bridgehead atoms. The fourth-order valence-electron chi connectivity index (χ4n) is 2.95. The van der Waals surface area contributed by atoms with E-state index in [0.29, 0.717) is 13.2 Å². The van der Waals surface area contributed by atoms with Crippen LogP contribution in [0.1, 0.15) is 12.5 Å². The number of carbonyl (C=O) groups is 1. The fraction of sp³-hybridized carbons (Fsp3) is 0.312. The number of hydrogen-bond donors (Lipinski definition) is 0. The number of Topliss-reactive ketones (excluding diaryl/α,β-unsaturated/α-hetero) is 1. The van der Waals surface area contributed by atoms with Gasteiger partial charge in [-0.25, -0.2) is 0 Å². The molecule has 2 aliphatic rings. The van der Waals surface area contributed by atoms with Crippen molar-refractivity contribution in [2.45, 2.75) is 6.92 Å². The van der Waals surface area contributed by atoms with Crippen LogP contribution >= 0.6 is 0 Å². The van der Waals surface area contributed by atoms with E-state index in [1.54, 1.807) is 0 Å². The molecule has 1 aromatic carbocycles. The van der Waals surface area contributed by atoms with E-state index in [9.17, 15) is 4.79 Å². The van der Waals surface area contributed by atoms with Crippen LogP contribution in [-0.2, 0) is 9.53 Å². The third kappa shape index (κ3) is 1.65. The van der Waals surface area contributed by atoms with Crippen LogP contribution in [0.15, 0.2) is 48.1 Å². The van der Waals surface area contributed by atoms with Crippen LogP contribution in [0, 0.1) is 11.8 Å². The van der Waals surface area contributed by atoms with Crippen LogP contribution in [-0.4, -0.2) is 19.0 Å². The number of benzene rings is 1. The second-order valence-electron chi connectivity index (χ2n) is 4.80. The summed E-state index contributed by atoms with van der Waals surface area (Å²) >= 11 is 0. The van der Waals surface area contributed by atoms with Crippen molar-refractivity contribution in [1.82, 2.24) is 0 Å². The van der Waals surface area contributed by atoms with Gasteiger partial charge in [-0.2, -0.15) is 0 Å². The normalized spacial score (nSPS) is 27.3. The molecule has 2 nitrogen and oxygen atoms in total. The number of fused-ring (bicyclic) bond motifs is 1. The highest BCUT2D eigenvalue weighted by Gasteiger charge is 2.43. The summed E-state index contributed by atoms with van der Waals surface area (Å²) in [5.41, 5.74) is 3.11. The van der Waals surface area contributed by atoms with Crippen LogP contribution < -0.4 is 0 Å². The van der Waals surface area contributed by atoms with Gasteiger partial charge in [-0.1, -0.05) is 42.5 Å². The average Bonchev–Trinajstić information content (AvgIpc) is 2.94. The molecule has 0 amide bonds. The topological polar surface area (TPSA) is 26.3 Å². The van der Waals surface area contributed by atoms with E-state index in [4.69, 9.17) is 4.74 Å². The van der Waals surface area contributed by atoms with E-state index in [-0.39, 0.29) is 17.6 Å². The van der Waals surface area contributed by atoms with E-state index < -0.39 is 0 Å². The summed E-state index contributed by atoms with van der Waals surface area (Å²) in [6, 6.07) is 9.94. The number of ketones is 1. The molecule has 92 valence electrons. The van der Waals surface area contributed by atoms with Gasteiger partial charge in [0.05, 0.1) is 13.2 Å². The van der Waals surface area contributed by atoms with E-state index in [0.717, 1.165) is 11.1 Å². The molecule has 1 aromatic rings. The molecule has 3 rings (SSSR count). The summed E-state index contributed by atoms with van der Waals surface area (Å²) < 4.78 is 5.54. The molecule has 0 saturated carbocycles. The molecule has 1 saturated heterocycles. The molecular weight excluding hydrogens is 224 g/mol. The molecule has 0 spiro atoms. The van der Waals surface area contributed by atoms with E-state index in [1.165, 1.54) is 5.57 Å². The Balaban J connectivity index is 2.08. The highest BCUT2D eigenvalue weighted by molar-refractivity contribution is 6.26. The predicted octanol–water partition coefficient (Wildman–Crippen LogP) is 2.86. The first-order valence-corrected chi connectivity index (χ1v) is 6.36. The summed E-state index contributed by atoms with van der Waals surface area (Å²) in [6.07, 6.45) is 3.98. The lowest BCUT2D eigenvalue weighted by molar-refractivity contribution is -0.116. The Morgan fingerprint density at radius 3 is 2.78 bits per heavy atom. The maximum Gasteiger partial charge on any atom is 0.171 e. The maximum absolute atomic E-state index is 12.5. The van der Waals surface area contributed by atoms with Gasteiger partial charge < -0.3 is 4.74 Å². The maximum atomic E-state index is 12.5. The quantitative estimate of drug-likeness (QED) is 0.743. The number of rotatable bonds is 2. The van der Waals surface area contributed by atoms with Gasteiger partial charge in [0.15, 0.2) is 5.78 Å². The first-order valence-electron chi connectivity index (χ1n) is 6.36. The minimum absolute atomic E-state index is 0.0253. The van der Waals surface area contributed by atoms with Crippen molar-refractivity contribution in [3.05, 3.63) is 53.6 Å². The van der Waals surface area contributed by atoms with Crippen molar-refractivity contribution < 1.29 is 9.53 Å². The van der Waals surface area contributed by atoms with Gasteiger partial charge in [-0.3, -0.25) is 4.79 Å². The SMILES string of the molecule is C/C=C/C1C(=O)C(c2ccccc2)=C2COCC21. The largest absolute Gasteiger partial charge is 0.376 e. The molecule has 18 heavy (non-hydrogen) atoms. The molecule has 2 unspecified atom stereocenters. The van der Waals surface area contributed by atoms with Crippen LogP contribution in [0.4, 0.5) is 0 Å². The van der Waals surface area contributed by atoms with Crippen molar-refractivity contribution >= 4 is 11.4 Å². The lowest BCUT2D eigenvalue weighted by Gasteiger charge is -2.10. The monoisotopic (exact) mass is 240 g/mol. The molecule has 0 N–H and O–H groups in total. The molecule has 0 aromatic heterocycles. The second-order valence-corrected chi connectivity index (χ2v) is 4.80. The molecule has 0 radical (unpaired) electrons. The minimum Gasteiger partial charge on any atom is -0.376 e. The highest BCUT2D eigenvalue weighted by Crippen LogP contribution is 2.43. The van der Waals surface area contributed by atoms with Gasteiger partial charge >= 0.3 is 0 Å². The Labute approximate surface area is 107 Å². The lowest BCUT2D eigenvalue weighted by atomic mass is 9.92. The van der Waals surface area contributed by atoms with Crippen molar-refractivity contribution in [3.8, 4) is 0 Å². The first kappa shape index (κ1) is 11.4.